The fourth-order valence-electron chi connectivity index (χ4n) is 3.47. The molecule has 0 spiro atoms. The maximum Gasteiger partial charge on any atom is 0.416 e. The van der Waals surface area contributed by atoms with Gasteiger partial charge in [-0.2, -0.15) is 26.3 Å². The average Bonchev–Trinajstić information content (AvgIpc) is 3.56. The van der Waals surface area contributed by atoms with Crippen molar-refractivity contribution >= 4 is 5.91 Å². The number of hydrogen-bond acceptors (Lipinski definition) is 3. The maximum absolute atomic E-state index is 13.1. The summed E-state index contributed by atoms with van der Waals surface area (Å²) in [4.78, 5) is 25.1. The van der Waals surface area contributed by atoms with Crippen molar-refractivity contribution in [1.29, 1.82) is 0 Å². The number of nitrogens with zero attached hydrogens (tertiary/aromatic N) is 3. The fraction of sp³-hybridized carbons (Fsp3) is 0.318. The Morgan fingerprint density at radius 1 is 0.971 bits per heavy atom. The van der Waals surface area contributed by atoms with Crippen molar-refractivity contribution in [3.8, 4) is 11.4 Å². The van der Waals surface area contributed by atoms with Gasteiger partial charge in [0.25, 0.3) is 5.91 Å². The van der Waals surface area contributed by atoms with E-state index in [0.29, 0.717) is 12.8 Å². The quantitative estimate of drug-likeness (QED) is 0.524. The number of aromatic nitrogens is 3. The second-order valence-corrected chi connectivity index (χ2v) is 7.84. The van der Waals surface area contributed by atoms with E-state index in [0.717, 1.165) is 35.0 Å². The minimum atomic E-state index is -4.60. The van der Waals surface area contributed by atoms with Gasteiger partial charge in [-0.15, -0.1) is 5.10 Å². The molecule has 0 unspecified atom stereocenters. The van der Waals surface area contributed by atoms with Crippen LogP contribution < -0.4 is 11.0 Å². The van der Waals surface area contributed by atoms with Gasteiger partial charge in [0.05, 0.1) is 17.7 Å². The second kappa shape index (κ2) is 8.65. The Kier molecular flexibility index (Phi) is 6.00. The zero-order valence-corrected chi connectivity index (χ0v) is 17.5. The largest absolute Gasteiger partial charge is 0.416 e. The maximum atomic E-state index is 13.1. The Morgan fingerprint density at radius 3 is 2.21 bits per heavy atom. The molecule has 0 bridgehead atoms. The normalized spacial score (nSPS) is 14.3. The van der Waals surface area contributed by atoms with Crippen LogP contribution in [0.2, 0.25) is 0 Å². The lowest BCUT2D eigenvalue weighted by atomic mass is 10.1. The molecule has 1 fully saturated rings. The molecular formula is C22H18F6N4O2. The van der Waals surface area contributed by atoms with Crippen LogP contribution >= 0.6 is 0 Å². The van der Waals surface area contributed by atoms with E-state index in [1.807, 2.05) is 0 Å². The zero-order chi connectivity index (χ0) is 24.7. The van der Waals surface area contributed by atoms with Crippen LogP contribution in [0.1, 0.15) is 40.4 Å². The van der Waals surface area contributed by atoms with Gasteiger partial charge in [0.1, 0.15) is 0 Å². The molecule has 0 aliphatic heterocycles. The molecule has 0 atom stereocenters. The molecule has 1 N–H and O–H groups in total. The van der Waals surface area contributed by atoms with Crippen molar-refractivity contribution in [1.82, 2.24) is 19.7 Å². The number of carbonyl (C=O) groups excluding carboxylic acids is 1. The molecule has 0 radical (unpaired) electrons. The molecular weight excluding hydrogens is 466 g/mol. The summed E-state index contributed by atoms with van der Waals surface area (Å²) in [7, 11) is 0. The highest BCUT2D eigenvalue weighted by Crippen LogP contribution is 2.37. The van der Waals surface area contributed by atoms with E-state index in [9.17, 15) is 35.9 Å². The van der Waals surface area contributed by atoms with Gasteiger partial charge in [0, 0.05) is 23.7 Å². The van der Waals surface area contributed by atoms with E-state index in [1.165, 1.54) is 22.8 Å². The number of benzene rings is 2. The van der Waals surface area contributed by atoms with Crippen LogP contribution in [0.4, 0.5) is 26.3 Å². The highest BCUT2D eigenvalue weighted by molar-refractivity contribution is 5.94. The van der Waals surface area contributed by atoms with Crippen LogP contribution in [-0.4, -0.2) is 26.8 Å². The molecule has 1 aliphatic carbocycles. The molecule has 1 aromatic heterocycles. The lowest BCUT2D eigenvalue weighted by Crippen LogP contribution is -2.32. The summed E-state index contributed by atoms with van der Waals surface area (Å²) in [6.07, 6.45) is -7.79. The number of alkyl halides is 6. The van der Waals surface area contributed by atoms with Crippen molar-refractivity contribution in [2.75, 3.05) is 6.54 Å². The number of carbonyl (C=O) groups is 1. The number of nitrogens with one attached hydrogen (secondary N) is 1. The molecule has 34 heavy (non-hydrogen) atoms. The molecule has 3 aromatic rings. The first kappa shape index (κ1) is 23.6. The van der Waals surface area contributed by atoms with Crippen molar-refractivity contribution in [2.45, 2.75) is 37.8 Å². The Morgan fingerprint density at radius 2 is 1.59 bits per heavy atom. The Bertz CT molecular complexity index is 1270. The van der Waals surface area contributed by atoms with E-state index < -0.39 is 35.1 Å². The second-order valence-electron chi connectivity index (χ2n) is 7.84. The Hall–Kier alpha value is -3.57. The molecule has 1 saturated carbocycles. The minimum absolute atomic E-state index is 0.0859. The fourth-order valence-corrected chi connectivity index (χ4v) is 3.47. The van der Waals surface area contributed by atoms with Crippen LogP contribution in [0.25, 0.3) is 11.4 Å². The molecule has 0 saturated heterocycles. The average molecular weight is 484 g/mol. The van der Waals surface area contributed by atoms with Gasteiger partial charge >= 0.3 is 18.0 Å². The summed E-state index contributed by atoms with van der Waals surface area (Å²) >= 11 is 0. The standard InChI is InChI=1S/C22H18F6N4O2/c23-21(24,25)15-5-1-3-13(11-15)18-30-31(20(34)32(18)17-7-8-17)10-9-29-19(33)14-4-2-6-16(12-14)22(26,27)28/h1-6,11-12,17H,7-10H2,(H,29,33). The first-order chi connectivity index (χ1) is 15.9. The van der Waals surface area contributed by atoms with Gasteiger partial charge in [-0.3, -0.25) is 9.36 Å². The highest BCUT2D eigenvalue weighted by Gasteiger charge is 2.34. The molecule has 1 aliphatic rings. The number of hydrogen-bond donors (Lipinski definition) is 1. The zero-order valence-electron chi connectivity index (χ0n) is 17.5. The summed E-state index contributed by atoms with van der Waals surface area (Å²) in [6.45, 7) is -0.242. The molecule has 4 rings (SSSR count). The Balaban J connectivity index is 1.52. The molecule has 2 aromatic carbocycles. The van der Waals surface area contributed by atoms with Gasteiger partial charge in [0.2, 0.25) is 0 Å². The summed E-state index contributed by atoms with van der Waals surface area (Å²) in [5.41, 5.74) is -2.45. The highest BCUT2D eigenvalue weighted by atomic mass is 19.4. The lowest BCUT2D eigenvalue weighted by molar-refractivity contribution is -0.138. The molecule has 1 heterocycles. The number of amides is 1. The van der Waals surface area contributed by atoms with Crippen LogP contribution in [0, 0.1) is 0 Å². The van der Waals surface area contributed by atoms with Crippen LogP contribution in [-0.2, 0) is 18.9 Å². The SMILES string of the molecule is O=C(NCCn1nc(-c2cccc(C(F)(F)F)c2)n(C2CC2)c1=O)c1cccc(C(F)(F)F)c1. The summed E-state index contributed by atoms with van der Waals surface area (Å²) in [5, 5.41) is 6.61. The molecule has 1 amide bonds. The predicted octanol–water partition coefficient (Wildman–Crippen LogP) is 4.51. The van der Waals surface area contributed by atoms with Gasteiger partial charge in [-0.25, -0.2) is 9.48 Å². The summed E-state index contributed by atoms with van der Waals surface area (Å²) in [5.74, 6) is -0.679. The third-order valence-electron chi connectivity index (χ3n) is 5.29. The number of rotatable bonds is 6. The summed E-state index contributed by atoms with van der Waals surface area (Å²) < 4.78 is 80.3. The smallest absolute Gasteiger partial charge is 0.350 e. The lowest BCUT2D eigenvalue weighted by Gasteiger charge is -2.09. The molecule has 12 heteroatoms. The van der Waals surface area contributed by atoms with Gasteiger partial charge in [-0.05, 0) is 43.2 Å². The van der Waals surface area contributed by atoms with Gasteiger partial charge < -0.3 is 5.32 Å². The first-order valence-corrected chi connectivity index (χ1v) is 10.3. The topological polar surface area (TPSA) is 68.9 Å². The monoisotopic (exact) mass is 484 g/mol. The first-order valence-electron chi connectivity index (χ1n) is 10.3. The number of halogens is 6. The van der Waals surface area contributed by atoms with Crippen LogP contribution in [0.15, 0.2) is 53.3 Å². The molecule has 180 valence electrons. The van der Waals surface area contributed by atoms with E-state index in [-0.39, 0.29) is 36.1 Å². The van der Waals surface area contributed by atoms with E-state index >= 15 is 0 Å². The third-order valence-corrected chi connectivity index (χ3v) is 5.29. The Labute approximate surface area is 188 Å². The van der Waals surface area contributed by atoms with Gasteiger partial charge in [0.15, 0.2) is 5.82 Å². The van der Waals surface area contributed by atoms with E-state index in [4.69, 9.17) is 0 Å². The molecule has 6 nitrogen and oxygen atoms in total. The van der Waals surface area contributed by atoms with E-state index in [2.05, 4.69) is 10.4 Å². The van der Waals surface area contributed by atoms with Gasteiger partial charge in [-0.1, -0.05) is 18.2 Å². The van der Waals surface area contributed by atoms with Crippen LogP contribution in [0.3, 0.4) is 0 Å². The van der Waals surface area contributed by atoms with Crippen molar-refractivity contribution < 1.29 is 31.1 Å². The minimum Gasteiger partial charge on any atom is -0.350 e. The van der Waals surface area contributed by atoms with Crippen molar-refractivity contribution in [3.63, 3.8) is 0 Å². The van der Waals surface area contributed by atoms with Crippen molar-refractivity contribution in [3.05, 3.63) is 75.7 Å². The van der Waals surface area contributed by atoms with E-state index in [1.54, 1.807) is 0 Å². The van der Waals surface area contributed by atoms with Crippen LogP contribution in [0.5, 0.6) is 0 Å². The summed E-state index contributed by atoms with van der Waals surface area (Å²) in [6, 6.07) is 8.22. The third kappa shape index (κ3) is 5.00. The van der Waals surface area contributed by atoms with Crippen molar-refractivity contribution in [2.24, 2.45) is 0 Å². The predicted molar refractivity (Wildman–Crippen MR) is 109 cm³/mol.